The summed E-state index contributed by atoms with van der Waals surface area (Å²) in [5.41, 5.74) is 6.65. The first-order valence-electron chi connectivity index (χ1n) is 7.65. The van der Waals surface area contributed by atoms with Crippen molar-refractivity contribution in [3.05, 3.63) is 5.82 Å². The average molecular weight is 278 g/mol. The Bertz CT molecular complexity index is 444. The predicted octanol–water partition coefficient (Wildman–Crippen LogP) is 3.18. The summed E-state index contributed by atoms with van der Waals surface area (Å²) in [6, 6.07) is 0. The molecule has 1 aliphatic carbocycles. The van der Waals surface area contributed by atoms with Crippen LogP contribution in [0.3, 0.4) is 0 Å². The van der Waals surface area contributed by atoms with Crippen LogP contribution in [0, 0.1) is 5.92 Å². The van der Waals surface area contributed by atoms with Crippen molar-refractivity contribution in [3.8, 4) is 5.88 Å². The van der Waals surface area contributed by atoms with Gasteiger partial charge >= 0.3 is 0 Å². The Morgan fingerprint density at radius 3 is 2.70 bits per heavy atom. The van der Waals surface area contributed by atoms with Crippen LogP contribution in [0.15, 0.2) is 0 Å². The van der Waals surface area contributed by atoms with Gasteiger partial charge in [0.2, 0.25) is 5.88 Å². The minimum absolute atomic E-state index is 0.491. The van der Waals surface area contributed by atoms with Gasteiger partial charge in [0.25, 0.3) is 0 Å². The molecule has 0 amide bonds. The van der Waals surface area contributed by atoms with E-state index in [4.69, 9.17) is 10.5 Å². The largest absolute Gasteiger partial charge is 0.476 e. The number of rotatable bonds is 8. The molecule has 0 bridgehead atoms. The maximum absolute atomic E-state index is 6.12. The molecule has 20 heavy (non-hydrogen) atoms. The first kappa shape index (κ1) is 14.9. The Morgan fingerprint density at radius 1 is 1.35 bits per heavy atom. The van der Waals surface area contributed by atoms with Crippen LogP contribution in [0.25, 0.3) is 0 Å². The van der Waals surface area contributed by atoms with E-state index in [-0.39, 0.29) is 0 Å². The first-order valence-corrected chi connectivity index (χ1v) is 7.65. The monoisotopic (exact) mass is 278 g/mol. The van der Waals surface area contributed by atoms with Crippen molar-refractivity contribution in [3.63, 3.8) is 0 Å². The average Bonchev–Trinajstić information content (AvgIpc) is 3.23. The molecule has 5 heteroatoms. The summed E-state index contributed by atoms with van der Waals surface area (Å²) in [5.74, 6) is 3.29. The van der Waals surface area contributed by atoms with Crippen LogP contribution in [0.5, 0.6) is 5.88 Å². The van der Waals surface area contributed by atoms with E-state index in [0.29, 0.717) is 30.0 Å². The van der Waals surface area contributed by atoms with Gasteiger partial charge in [-0.2, -0.15) is 4.98 Å². The van der Waals surface area contributed by atoms with Gasteiger partial charge in [0.05, 0.1) is 6.61 Å². The van der Waals surface area contributed by atoms with Gasteiger partial charge in [0.1, 0.15) is 11.5 Å². The molecular formula is C15H26N4O. The van der Waals surface area contributed by atoms with E-state index < -0.39 is 0 Å². The zero-order valence-electron chi connectivity index (χ0n) is 12.8. The van der Waals surface area contributed by atoms with Crippen molar-refractivity contribution in [2.45, 2.75) is 52.4 Å². The van der Waals surface area contributed by atoms with Gasteiger partial charge in [0, 0.05) is 12.5 Å². The molecule has 0 atom stereocenters. The van der Waals surface area contributed by atoms with E-state index in [1.807, 2.05) is 0 Å². The highest BCUT2D eigenvalue weighted by molar-refractivity contribution is 5.67. The summed E-state index contributed by atoms with van der Waals surface area (Å²) in [7, 11) is 0. The first-order chi connectivity index (χ1) is 9.61. The number of nitrogens with one attached hydrogen (secondary N) is 1. The lowest BCUT2D eigenvalue weighted by atomic mass is 10.1. The maximum atomic E-state index is 6.12. The summed E-state index contributed by atoms with van der Waals surface area (Å²) in [6.07, 6.45) is 4.37. The molecule has 3 N–H and O–H groups in total. The second-order valence-electron chi connectivity index (χ2n) is 5.88. The summed E-state index contributed by atoms with van der Waals surface area (Å²) in [6.45, 7) is 7.99. The molecule has 0 saturated heterocycles. The number of nitrogens with two attached hydrogens (primary N) is 1. The van der Waals surface area contributed by atoms with E-state index in [1.54, 1.807) is 0 Å². The molecule has 0 aliphatic heterocycles. The van der Waals surface area contributed by atoms with Crippen molar-refractivity contribution in [1.82, 2.24) is 9.97 Å². The van der Waals surface area contributed by atoms with Gasteiger partial charge in [0.15, 0.2) is 5.82 Å². The molecule has 0 unspecified atom stereocenters. The number of hydrogen-bond donors (Lipinski definition) is 2. The number of anilines is 2. The molecule has 5 nitrogen and oxygen atoms in total. The fraction of sp³-hybridized carbons (Fsp3) is 0.733. The predicted molar refractivity (Wildman–Crippen MR) is 82.2 cm³/mol. The summed E-state index contributed by atoms with van der Waals surface area (Å²) >= 11 is 0. The molecule has 0 spiro atoms. The maximum Gasteiger partial charge on any atom is 0.242 e. The Labute approximate surface area is 121 Å². The Kier molecular flexibility index (Phi) is 5.04. The minimum atomic E-state index is 0.491. The third kappa shape index (κ3) is 3.99. The van der Waals surface area contributed by atoms with Crippen LogP contribution in [-0.2, 0) is 0 Å². The molecule has 1 fully saturated rings. The Hall–Kier alpha value is -1.52. The highest BCUT2D eigenvalue weighted by atomic mass is 16.5. The normalized spacial score (nSPS) is 14.6. The smallest absolute Gasteiger partial charge is 0.242 e. The number of hydrogen-bond acceptors (Lipinski definition) is 5. The van der Waals surface area contributed by atoms with Crippen LogP contribution in [0.1, 0.15) is 58.2 Å². The molecule has 1 aromatic rings. The summed E-state index contributed by atoms with van der Waals surface area (Å²) in [5, 5.41) is 3.33. The molecule has 1 aromatic heterocycles. The summed E-state index contributed by atoms with van der Waals surface area (Å²) in [4.78, 5) is 9.05. The van der Waals surface area contributed by atoms with Crippen LogP contribution in [0.2, 0.25) is 0 Å². The van der Waals surface area contributed by atoms with Crippen LogP contribution in [-0.4, -0.2) is 23.1 Å². The lowest BCUT2D eigenvalue weighted by Crippen LogP contribution is -2.12. The molecule has 1 heterocycles. The van der Waals surface area contributed by atoms with Gasteiger partial charge in [-0.25, -0.2) is 4.98 Å². The zero-order chi connectivity index (χ0) is 14.5. The Morgan fingerprint density at radius 2 is 2.10 bits per heavy atom. The number of nitrogens with zero attached hydrogens (tertiary/aromatic N) is 2. The molecule has 0 aromatic carbocycles. The van der Waals surface area contributed by atoms with Crippen molar-refractivity contribution < 1.29 is 4.74 Å². The van der Waals surface area contributed by atoms with Crippen LogP contribution >= 0.6 is 0 Å². The lowest BCUT2D eigenvalue weighted by molar-refractivity contribution is 0.305. The van der Waals surface area contributed by atoms with Crippen molar-refractivity contribution in [2.75, 3.05) is 24.2 Å². The van der Waals surface area contributed by atoms with Gasteiger partial charge in [-0.15, -0.1) is 0 Å². The zero-order valence-corrected chi connectivity index (χ0v) is 12.8. The summed E-state index contributed by atoms with van der Waals surface area (Å²) < 4.78 is 5.66. The van der Waals surface area contributed by atoms with Crippen molar-refractivity contribution >= 4 is 11.5 Å². The third-order valence-corrected chi connectivity index (χ3v) is 3.33. The van der Waals surface area contributed by atoms with E-state index in [1.165, 1.54) is 12.8 Å². The lowest BCUT2D eigenvalue weighted by Gasteiger charge is -2.14. The van der Waals surface area contributed by atoms with E-state index >= 15 is 0 Å². The number of ether oxygens (including phenoxy) is 1. The van der Waals surface area contributed by atoms with Crippen molar-refractivity contribution in [1.29, 1.82) is 0 Å². The number of aromatic nitrogens is 2. The van der Waals surface area contributed by atoms with E-state index in [9.17, 15) is 0 Å². The molecule has 1 aliphatic rings. The van der Waals surface area contributed by atoms with Crippen LogP contribution in [0.4, 0.5) is 11.5 Å². The fourth-order valence-electron chi connectivity index (χ4n) is 1.91. The van der Waals surface area contributed by atoms with Crippen LogP contribution < -0.4 is 15.8 Å². The highest BCUT2D eigenvalue weighted by Gasteiger charge is 2.28. The number of nitrogen functional groups attached to an aromatic ring is 1. The van der Waals surface area contributed by atoms with Gasteiger partial charge in [-0.1, -0.05) is 20.8 Å². The van der Waals surface area contributed by atoms with E-state index in [0.717, 1.165) is 31.0 Å². The molecule has 2 rings (SSSR count). The SMILES string of the molecule is CCCOc1nc(C2CC2)nc(NCCC(C)C)c1N. The standard InChI is InChI=1S/C15H26N4O/c1-4-9-20-15-12(16)14(17-8-7-10(2)3)18-13(19-15)11-5-6-11/h10-11H,4-9,16H2,1-3H3,(H,17,18,19). The van der Waals surface area contributed by atoms with Gasteiger partial charge in [-0.3, -0.25) is 0 Å². The molecular weight excluding hydrogens is 252 g/mol. The second kappa shape index (κ2) is 6.77. The minimum Gasteiger partial charge on any atom is -0.476 e. The Balaban J connectivity index is 2.12. The van der Waals surface area contributed by atoms with Gasteiger partial charge in [-0.05, 0) is 31.6 Å². The molecule has 1 saturated carbocycles. The van der Waals surface area contributed by atoms with Gasteiger partial charge < -0.3 is 15.8 Å². The molecule has 0 radical (unpaired) electrons. The second-order valence-corrected chi connectivity index (χ2v) is 5.88. The topological polar surface area (TPSA) is 73.1 Å². The fourth-order valence-corrected chi connectivity index (χ4v) is 1.91. The van der Waals surface area contributed by atoms with Crippen molar-refractivity contribution in [2.24, 2.45) is 5.92 Å². The highest BCUT2D eigenvalue weighted by Crippen LogP contribution is 2.40. The van der Waals surface area contributed by atoms with E-state index in [2.05, 4.69) is 36.1 Å². The molecule has 112 valence electrons. The third-order valence-electron chi connectivity index (χ3n) is 3.33. The quantitative estimate of drug-likeness (QED) is 0.764.